The number of thioether (sulfide) groups is 2. The molecule has 2 saturated heterocycles. The van der Waals surface area contributed by atoms with Gasteiger partial charge in [-0.3, -0.25) is 19.4 Å². The molecule has 2 unspecified atom stereocenters. The van der Waals surface area contributed by atoms with Gasteiger partial charge in [0.15, 0.2) is 23.1 Å². The Morgan fingerprint density at radius 3 is 2.72 bits per heavy atom. The number of nitrogen functional groups attached to an aromatic ring is 1. The van der Waals surface area contributed by atoms with E-state index in [0.29, 0.717) is 23.7 Å². The zero-order valence-corrected chi connectivity index (χ0v) is 31.4. The van der Waals surface area contributed by atoms with Crippen molar-refractivity contribution in [1.29, 1.82) is 0 Å². The highest BCUT2D eigenvalue weighted by molar-refractivity contribution is 8.01. The summed E-state index contributed by atoms with van der Waals surface area (Å²) in [4.78, 5) is 64.5. The molecule has 4 aliphatic rings. The summed E-state index contributed by atoms with van der Waals surface area (Å²) in [6.07, 6.45) is 4.11. The topological polar surface area (TPSA) is 204 Å². The fourth-order valence-corrected chi connectivity index (χ4v) is 9.55. The van der Waals surface area contributed by atoms with Crippen molar-refractivity contribution in [1.82, 2.24) is 25.4 Å². The quantitative estimate of drug-likeness (QED) is 0.0589. The molecule has 0 spiro atoms. The maximum atomic E-state index is 15.8. The molecule has 3 atom stereocenters. The molecule has 1 aliphatic carbocycles. The van der Waals surface area contributed by atoms with Crippen molar-refractivity contribution in [3.05, 3.63) is 58.1 Å². The standard InChI is InChI=1S/C34H37FN8O7S3/c1-34(2,32(48)49)50-40-25(21-15-53-33(36)38-21)28(44)39-26-29(45)43-27(31(46)47)16(14-52-30(26)43)13-51-24-6-8-42(17-4-5-17)22-11-18(20(35)10-19(22)24)23-12-37-7-9-41(23)3/h6,8,10-11,15,17,23,26,30,37H,4-5,7,9,12-14H2,1-3H3,(H4-,36,38,39,44,46,47,48,49)/p+1/b40-25-/t23?,26?,30-/m1/s1. The maximum Gasteiger partial charge on any atom is 0.352 e. The number of likely N-dealkylation sites (N-methyl/N-ethyl adjacent to an activating group) is 1. The normalized spacial score (nSPS) is 22.4. The first-order valence-corrected chi connectivity index (χ1v) is 19.8. The molecule has 1 aromatic carbocycles. The third-order valence-electron chi connectivity index (χ3n) is 9.65. The summed E-state index contributed by atoms with van der Waals surface area (Å²) < 4.78 is 18.0. The number of rotatable bonds is 12. The molecule has 2 aromatic heterocycles. The van der Waals surface area contributed by atoms with E-state index in [1.165, 1.54) is 47.7 Å². The number of nitrogens with two attached hydrogens (primary N) is 1. The number of β-lactam (4-membered cyclic amide) rings is 1. The van der Waals surface area contributed by atoms with E-state index in [-0.39, 0.29) is 39.9 Å². The number of hydrogen-bond donors (Lipinski definition) is 5. The van der Waals surface area contributed by atoms with Gasteiger partial charge in [-0.25, -0.2) is 19.0 Å². The van der Waals surface area contributed by atoms with E-state index in [9.17, 15) is 29.4 Å². The molecule has 0 radical (unpaired) electrons. The van der Waals surface area contributed by atoms with E-state index in [4.69, 9.17) is 10.6 Å². The number of nitrogens with one attached hydrogen (secondary N) is 2. The summed E-state index contributed by atoms with van der Waals surface area (Å²) in [6, 6.07) is 4.63. The van der Waals surface area contributed by atoms with Gasteiger partial charge in [0.25, 0.3) is 11.8 Å². The molecular weight excluding hydrogens is 748 g/mol. The first kappa shape index (κ1) is 37.0. The van der Waals surface area contributed by atoms with Crippen LogP contribution >= 0.6 is 34.9 Å². The Balaban J connectivity index is 1.11. The highest BCUT2D eigenvalue weighted by atomic mass is 32.2. The molecule has 7 rings (SSSR count). The summed E-state index contributed by atoms with van der Waals surface area (Å²) in [5.74, 6) is -3.90. The van der Waals surface area contributed by atoms with Gasteiger partial charge in [-0.2, -0.15) is 4.57 Å². The Morgan fingerprint density at radius 2 is 2.06 bits per heavy atom. The van der Waals surface area contributed by atoms with E-state index < -0.39 is 46.5 Å². The Kier molecular flexibility index (Phi) is 10.1. The van der Waals surface area contributed by atoms with Crippen LogP contribution in [0.4, 0.5) is 9.52 Å². The largest absolute Gasteiger partial charge is 0.478 e. The number of thiazole rings is 1. The van der Waals surface area contributed by atoms with Crippen molar-refractivity contribution in [3.8, 4) is 0 Å². The molecule has 3 aromatic rings. The van der Waals surface area contributed by atoms with E-state index in [0.717, 1.165) is 53.1 Å². The molecule has 5 heterocycles. The van der Waals surface area contributed by atoms with Gasteiger partial charge in [0.2, 0.25) is 11.1 Å². The second kappa shape index (κ2) is 14.5. The molecule has 19 heteroatoms. The molecular formula is C34H38FN8O7S3+. The lowest BCUT2D eigenvalue weighted by Crippen LogP contribution is -2.71. The Labute approximate surface area is 315 Å². The molecule has 2 amide bonds. The number of halogens is 1. The summed E-state index contributed by atoms with van der Waals surface area (Å²) in [6.45, 7) is 4.81. The molecule has 3 fully saturated rings. The molecule has 3 aliphatic heterocycles. The number of hydrogen-bond acceptors (Lipinski definition) is 13. The van der Waals surface area contributed by atoms with Crippen LogP contribution in [0.1, 0.15) is 50.0 Å². The predicted molar refractivity (Wildman–Crippen MR) is 197 cm³/mol. The Bertz CT molecular complexity index is 2090. The second-order valence-corrected chi connectivity index (χ2v) is 16.7. The number of pyridine rings is 1. The van der Waals surface area contributed by atoms with Gasteiger partial charge < -0.3 is 31.4 Å². The lowest BCUT2D eigenvalue weighted by Gasteiger charge is -2.49. The van der Waals surface area contributed by atoms with E-state index in [2.05, 4.69) is 30.2 Å². The van der Waals surface area contributed by atoms with Crippen LogP contribution in [0.3, 0.4) is 0 Å². The highest BCUT2D eigenvalue weighted by Crippen LogP contribution is 2.43. The number of benzene rings is 1. The monoisotopic (exact) mass is 785 g/mol. The third kappa shape index (κ3) is 7.19. The molecule has 6 N–H and O–H groups in total. The zero-order valence-electron chi connectivity index (χ0n) is 29.0. The minimum absolute atomic E-state index is 0.0158. The van der Waals surface area contributed by atoms with Crippen LogP contribution in [0.5, 0.6) is 0 Å². The number of carbonyl (C=O) groups excluding carboxylic acids is 2. The van der Waals surface area contributed by atoms with Crippen molar-refractivity contribution in [2.75, 3.05) is 43.9 Å². The number of piperazine rings is 1. The van der Waals surface area contributed by atoms with Gasteiger partial charge in [-0.1, -0.05) is 5.16 Å². The number of carboxylic acids is 2. The van der Waals surface area contributed by atoms with E-state index >= 15 is 4.39 Å². The van der Waals surface area contributed by atoms with Gasteiger partial charge in [-0.05, 0) is 32.5 Å². The average Bonchev–Trinajstić information content (AvgIpc) is 3.88. The lowest BCUT2D eigenvalue weighted by molar-refractivity contribution is -0.675. The number of anilines is 1. The maximum absolute atomic E-state index is 15.8. The lowest BCUT2D eigenvalue weighted by atomic mass is 10.0. The number of fused-ring (bicyclic) bond motifs is 2. The molecule has 53 heavy (non-hydrogen) atoms. The smallest absolute Gasteiger partial charge is 0.352 e. The number of carboxylic acid groups (broad SMARTS) is 2. The van der Waals surface area contributed by atoms with Crippen LogP contribution in [0.2, 0.25) is 0 Å². The van der Waals surface area contributed by atoms with Gasteiger partial charge >= 0.3 is 11.9 Å². The molecule has 280 valence electrons. The number of carbonyl (C=O) groups is 4. The highest BCUT2D eigenvalue weighted by Gasteiger charge is 2.54. The van der Waals surface area contributed by atoms with Crippen molar-refractivity contribution in [2.45, 2.75) is 60.7 Å². The summed E-state index contributed by atoms with van der Waals surface area (Å²) in [5, 5.41) is 31.0. The van der Waals surface area contributed by atoms with Gasteiger partial charge in [0.1, 0.15) is 28.6 Å². The summed E-state index contributed by atoms with van der Waals surface area (Å²) in [7, 11) is 2.00. The number of aliphatic carboxylic acids is 2. The first-order chi connectivity index (χ1) is 25.2. The minimum Gasteiger partial charge on any atom is -0.478 e. The van der Waals surface area contributed by atoms with Gasteiger partial charge in [-0.15, -0.1) is 34.9 Å². The average molecular weight is 786 g/mol. The van der Waals surface area contributed by atoms with Crippen LogP contribution in [0, 0.1) is 5.82 Å². The number of amides is 2. The van der Waals surface area contributed by atoms with Crippen LogP contribution in [0.25, 0.3) is 10.9 Å². The van der Waals surface area contributed by atoms with Crippen molar-refractivity contribution in [2.24, 2.45) is 5.16 Å². The first-order valence-electron chi connectivity index (χ1n) is 16.9. The fraction of sp³-hybridized carbons (Fsp3) is 0.441. The van der Waals surface area contributed by atoms with Crippen LogP contribution in [-0.2, 0) is 24.0 Å². The van der Waals surface area contributed by atoms with Crippen molar-refractivity contribution >= 4 is 80.4 Å². The Hall–Kier alpha value is -4.30. The molecule has 0 bridgehead atoms. The SMILES string of the molecule is CN1CCNCC1c1cc2c(cc1F)c(SCC1=C(C(=O)O)N3C(=O)C(NC(=O)/C(=N\OC(C)(C)C(=O)O)c4csc(N)n4)[C@H]3SC1)cc[n+]2C1CC1. The molecule has 1 saturated carbocycles. The van der Waals surface area contributed by atoms with Gasteiger partial charge in [0, 0.05) is 72.0 Å². The van der Waals surface area contributed by atoms with E-state index in [1.54, 1.807) is 6.07 Å². The zero-order chi connectivity index (χ0) is 37.8. The van der Waals surface area contributed by atoms with Crippen molar-refractivity contribution in [3.63, 3.8) is 0 Å². The summed E-state index contributed by atoms with van der Waals surface area (Å²) in [5.41, 5.74) is 5.51. The van der Waals surface area contributed by atoms with Crippen molar-refractivity contribution < 1.29 is 43.2 Å². The van der Waals surface area contributed by atoms with Crippen LogP contribution in [-0.4, -0.2) is 110 Å². The fourth-order valence-electron chi connectivity index (χ4n) is 6.48. The third-order valence-corrected chi connectivity index (χ3v) is 12.8. The molecule has 15 nitrogen and oxygen atoms in total. The van der Waals surface area contributed by atoms with E-state index in [1.807, 2.05) is 25.4 Å². The Morgan fingerprint density at radius 1 is 1.28 bits per heavy atom. The second-order valence-electron chi connectivity index (χ2n) is 13.7. The number of oxime groups is 1. The number of nitrogens with zero attached hydrogens (tertiary/aromatic N) is 5. The van der Waals surface area contributed by atoms with Gasteiger partial charge in [0.05, 0.1) is 11.4 Å². The van der Waals surface area contributed by atoms with Crippen LogP contribution < -0.4 is 20.9 Å². The predicted octanol–water partition coefficient (Wildman–Crippen LogP) is 2.33. The summed E-state index contributed by atoms with van der Waals surface area (Å²) >= 11 is 3.71. The minimum atomic E-state index is -1.78. The van der Waals surface area contributed by atoms with Crippen LogP contribution in [0.15, 0.2) is 51.1 Å². The number of aromatic nitrogens is 2.